The van der Waals surface area contributed by atoms with Crippen molar-refractivity contribution in [2.75, 3.05) is 31.7 Å². The molecule has 3 aromatic rings. The Labute approximate surface area is 266 Å². The summed E-state index contributed by atoms with van der Waals surface area (Å²) >= 11 is 29.2. The van der Waals surface area contributed by atoms with E-state index in [1.807, 2.05) is 56.6 Å². The van der Waals surface area contributed by atoms with Gasteiger partial charge in [-0.3, -0.25) is 0 Å². The maximum Gasteiger partial charge on any atom is 0.490 e. The zero-order valence-corrected chi connectivity index (χ0v) is 26.5. The van der Waals surface area contributed by atoms with Crippen LogP contribution < -0.4 is 26.3 Å². The number of halogens is 3. The van der Waals surface area contributed by atoms with Crippen molar-refractivity contribution in [2.24, 2.45) is 0 Å². The molecule has 0 heterocycles. The van der Waals surface area contributed by atoms with Gasteiger partial charge in [0, 0.05) is 34.4 Å². The number of thiocarbonyl (C=S) groups is 1. The van der Waals surface area contributed by atoms with Crippen LogP contribution in [0, 0.1) is 0 Å². The Morgan fingerprint density at radius 2 is 1.80 bits per heavy atom. The smallest absolute Gasteiger partial charge is 0.450 e. The van der Waals surface area contributed by atoms with E-state index >= 15 is 0 Å². The molecule has 1 radical (unpaired) electrons. The first-order valence-electron chi connectivity index (χ1n) is 11.8. The van der Waals surface area contributed by atoms with E-state index in [2.05, 4.69) is 28.2 Å². The maximum atomic E-state index is 9.23. The number of thioether (sulfide) groups is 1. The summed E-state index contributed by atoms with van der Waals surface area (Å²) in [4.78, 5) is 2.09. The topological polar surface area (TPSA) is 97.2 Å². The van der Waals surface area contributed by atoms with E-state index in [-0.39, 0.29) is 20.4 Å². The van der Waals surface area contributed by atoms with E-state index in [9.17, 15) is 10.0 Å². The lowest BCUT2D eigenvalue weighted by atomic mass is 9.80. The molecule has 3 aromatic carbocycles. The molecular weight excluding hydrogens is 630 g/mol. The van der Waals surface area contributed by atoms with Crippen molar-refractivity contribution in [3.05, 3.63) is 81.3 Å². The van der Waals surface area contributed by atoms with Gasteiger partial charge < -0.3 is 35.3 Å². The maximum absolute atomic E-state index is 9.23. The fourth-order valence-corrected chi connectivity index (χ4v) is 5.34. The SMILES string of the molecule is CN(C)CCSC(S)Nc1cc(B(O)O)c(Cl)cc1Cl.O[B]c1cccc(CNC(=S)Oc2ccccc2)c1Cl. The van der Waals surface area contributed by atoms with Crippen molar-refractivity contribution in [3.63, 3.8) is 0 Å². The number of anilines is 1. The van der Waals surface area contributed by atoms with Gasteiger partial charge in [-0.25, -0.2) is 0 Å². The second-order valence-corrected chi connectivity index (χ2v) is 12.0. The summed E-state index contributed by atoms with van der Waals surface area (Å²) < 4.78 is 5.30. The third kappa shape index (κ3) is 12.3. The van der Waals surface area contributed by atoms with Crippen LogP contribution in [-0.4, -0.2) is 70.8 Å². The Balaban J connectivity index is 0.000000280. The van der Waals surface area contributed by atoms with Gasteiger partial charge in [0.25, 0.3) is 5.17 Å². The van der Waals surface area contributed by atoms with Crippen LogP contribution in [0.1, 0.15) is 5.56 Å². The summed E-state index contributed by atoms with van der Waals surface area (Å²) in [6, 6.07) is 17.7. The van der Waals surface area contributed by atoms with Crippen LogP contribution in [0.2, 0.25) is 15.1 Å². The van der Waals surface area contributed by atoms with Crippen LogP contribution in [0.15, 0.2) is 60.7 Å². The molecule has 0 fully saturated rings. The summed E-state index contributed by atoms with van der Waals surface area (Å²) in [7, 11) is 3.35. The number of hydrogen-bond donors (Lipinski definition) is 6. The van der Waals surface area contributed by atoms with Crippen LogP contribution >= 0.6 is 71.4 Å². The van der Waals surface area contributed by atoms with Crippen molar-refractivity contribution >= 4 is 108 Å². The van der Waals surface area contributed by atoms with Crippen molar-refractivity contribution in [2.45, 2.75) is 11.3 Å². The van der Waals surface area contributed by atoms with Gasteiger partial charge in [-0.2, -0.15) is 0 Å². The molecule has 15 heteroatoms. The second-order valence-electron chi connectivity index (χ2n) is 8.40. The number of nitrogens with one attached hydrogen (secondary N) is 2. The van der Waals surface area contributed by atoms with E-state index in [4.69, 9.17) is 56.8 Å². The average molecular weight is 660 g/mol. The molecular formula is C25H29B2Cl3N3O4S3. The minimum Gasteiger partial charge on any atom is -0.450 e. The fourth-order valence-electron chi connectivity index (χ4n) is 3.03. The summed E-state index contributed by atoms with van der Waals surface area (Å²) in [6.07, 6.45) is 0. The van der Waals surface area contributed by atoms with Crippen molar-refractivity contribution in [3.8, 4) is 5.75 Å². The molecule has 0 bridgehead atoms. The van der Waals surface area contributed by atoms with Gasteiger partial charge in [0.05, 0.1) is 10.7 Å². The second kappa shape index (κ2) is 18.3. The van der Waals surface area contributed by atoms with Gasteiger partial charge in [0.1, 0.15) is 10.5 Å². The van der Waals surface area contributed by atoms with E-state index in [0.29, 0.717) is 33.5 Å². The van der Waals surface area contributed by atoms with E-state index < -0.39 is 7.12 Å². The Morgan fingerprint density at radius 1 is 1.10 bits per heavy atom. The molecule has 1 unspecified atom stereocenters. The lowest BCUT2D eigenvalue weighted by Gasteiger charge is -2.18. The van der Waals surface area contributed by atoms with Crippen molar-refractivity contribution in [1.29, 1.82) is 0 Å². The Hall–Kier alpha value is -1.31. The Bertz CT molecular complexity index is 1230. The van der Waals surface area contributed by atoms with E-state index in [1.54, 1.807) is 17.8 Å². The predicted molar refractivity (Wildman–Crippen MR) is 179 cm³/mol. The highest BCUT2D eigenvalue weighted by Gasteiger charge is 2.18. The molecule has 3 rings (SSSR count). The number of rotatable bonds is 11. The van der Waals surface area contributed by atoms with Gasteiger partial charge >= 0.3 is 14.6 Å². The summed E-state index contributed by atoms with van der Waals surface area (Å²) in [5.74, 6) is 1.59. The third-order valence-corrected chi connectivity index (χ3v) is 7.84. The quantitative estimate of drug-likeness (QED) is 0.0799. The zero-order chi connectivity index (χ0) is 29.7. The Kier molecular flexibility index (Phi) is 15.9. The van der Waals surface area contributed by atoms with Crippen LogP contribution in [0.4, 0.5) is 5.69 Å². The van der Waals surface area contributed by atoms with Gasteiger partial charge in [0.15, 0.2) is 0 Å². The molecule has 7 nitrogen and oxygen atoms in total. The van der Waals surface area contributed by atoms with Gasteiger partial charge in [-0.05, 0) is 61.6 Å². The molecule has 40 heavy (non-hydrogen) atoms. The van der Waals surface area contributed by atoms with Crippen LogP contribution in [0.5, 0.6) is 5.75 Å². The zero-order valence-electron chi connectivity index (χ0n) is 21.7. The van der Waals surface area contributed by atoms with Gasteiger partial charge in [-0.15, -0.1) is 24.4 Å². The molecule has 0 aromatic heterocycles. The minimum atomic E-state index is -1.64. The minimum absolute atomic E-state index is 0.155. The van der Waals surface area contributed by atoms with Gasteiger partial charge in [0.2, 0.25) is 0 Å². The standard InChI is InChI=1S/C14H12BClNO2S.C11H17BCl2N2O2S2/c16-13-10(5-4-8-12(13)15-18)9-17-14(20)19-11-6-2-1-3-7-11;1-16(2)3-4-20-11(19)15-10-5-7(12(17)18)8(13)6-9(10)14/h1-8,18H,9H2,(H,17,20);5-6,11,15,17-19H,3-4H2,1-2H3. The largest absolute Gasteiger partial charge is 0.490 e. The first-order chi connectivity index (χ1) is 19.0. The Morgan fingerprint density at radius 3 is 2.42 bits per heavy atom. The monoisotopic (exact) mass is 658 g/mol. The van der Waals surface area contributed by atoms with Crippen LogP contribution in [-0.2, 0) is 6.54 Å². The summed E-state index contributed by atoms with van der Waals surface area (Å²) in [5, 5.41) is 34.9. The molecule has 0 aliphatic carbocycles. The van der Waals surface area contributed by atoms with Crippen molar-refractivity contribution < 1.29 is 19.8 Å². The van der Waals surface area contributed by atoms with Crippen LogP contribution in [0.25, 0.3) is 0 Å². The number of nitrogens with zero attached hydrogens (tertiary/aromatic N) is 1. The molecule has 0 saturated heterocycles. The number of thiol groups is 1. The molecule has 1 atom stereocenters. The molecule has 0 amide bonds. The number of hydrogen-bond acceptors (Lipinski definition) is 9. The predicted octanol–water partition coefficient (Wildman–Crippen LogP) is 3.62. The van der Waals surface area contributed by atoms with Gasteiger partial charge in [-0.1, -0.05) is 71.2 Å². The van der Waals surface area contributed by atoms with E-state index in [1.165, 1.54) is 12.1 Å². The highest BCUT2D eigenvalue weighted by atomic mass is 35.5. The number of benzene rings is 3. The third-order valence-electron chi connectivity index (χ3n) is 5.08. The summed E-state index contributed by atoms with van der Waals surface area (Å²) in [6.45, 7) is 1.37. The average Bonchev–Trinajstić information content (AvgIpc) is 2.90. The molecule has 213 valence electrons. The lowest BCUT2D eigenvalue weighted by Crippen LogP contribution is -2.31. The molecule has 0 aliphatic heterocycles. The van der Waals surface area contributed by atoms with E-state index in [0.717, 1.165) is 25.3 Å². The van der Waals surface area contributed by atoms with Crippen molar-refractivity contribution in [1.82, 2.24) is 10.2 Å². The molecule has 0 aliphatic rings. The summed E-state index contributed by atoms with van der Waals surface area (Å²) in [5.41, 5.74) is 2.17. The lowest BCUT2D eigenvalue weighted by molar-refractivity contribution is 0.426. The normalized spacial score (nSPS) is 11.2. The molecule has 0 spiro atoms. The number of ether oxygens (including phenoxy) is 1. The first kappa shape index (κ1) is 34.9. The fraction of sp³-hybridized carbons (Fsp3) is 0.240. The highest BCUT2D eigenvalue weighted by molar-refractivity contribution is 8.10. The van der Waals surface area contributed by atoms with Crippen LogP contribution in [0.3, 0.4) is 0 Å². The number of para-hydroxylation sites is 1. The molecule has 0 saturated carbocycles. The highest BCUT2D eigenvalue weighted by Crippen LogP contribution is 2.27. The first-order valence-corrected chi connectivity index (χ1v) is 14.9. The molecule has 5 N–H and O–H groups in total.